The molecule has 0 atom stereocenters. The summed E-state index contributed by atoms with van der Waals surface area (Å²) in [7, 11) is 0. The second-order valence-corrected chi connectivity index (χ2v) is 7.13. The van der Waals surface area contributed by atoms with Gasteiger partial charge in [-0.15, -0.1) is 11.3 Å². The third-order valence-corrected chi connectivity index (χ3v) is 4.85. The molecule has 1 amide bonds. The maximum absolute atomic E-state index is 12.1. The number of rotatable bonds is 6. The number of aryl methyl sites for hydroxylation is 2. The number of nitrogens with one attached hydrogen (secondary N) is 1. The molecule has 0 spiro atoms. The SMILES string of the molecule is CC(=O)c1cc(CCC(=O)Nc2nc(-c3ccc(Cl)cc3)cs2)oc1C. The number of anilines is 1. The average molecular weight is 389 g/mol. The van der Waals surface area contributed by atoms with Crippen molar-refractivity contribution in [3.8, 4) is 11.3 Å². The molecule has 134 valence electrons. The smallest absolute Gasteiger partial charge is 0.226 e. The van der Waals surface area contributed by atoms with E-state index in [-0.39, 0.29) is 18.1 Å². The Kier molecular flexibility index (Phi) is 5.54. The number of halogens is 1. The van der Waals surface area contributed by atoms with Gasteiger partial charge < -0.3 is 9.73 Å². The van der Waals surface area contributed by atoms with Gasteiger partial charge >= 0.3 is 0 Å². The monoisotopic (exact) mass is 388 g/mol. The maximum Gasteiger partial charge on any atom is 0.226 e. The molecule has 0 aliphatic rings. The third kappa shape index (κ3) is 4.39. The van der Waals surface area contributed by atoms with Crippen molar-refractivity contribution in [3.63, 3.8) is 0 Å². The highest BCUT2D eigenvalue weighted by Crippen LogP contribution is 2.26. The van der Waals surface area contributed by atoms with Gasteiger partial charge in [-0.05, 0) is 32.0 Å². The molecule has 0 aliphatic heterocycles. The van der Waals surface area contributed by atoms with Gasteiger partial charge in [0.05, 0.1) is 11.3 Å². The molecule has 1 N–H and O–H groups in total. The van der Waals surface area contributed by atoms with Crippen molar-refractivity contribution in [1.29, 1.82) is 0 Å². The number of nitrogens with zero attached hydrogens (tertiary/aromatic N) is 1. The Morgan fingerprint density at radius 3 is 2.65 bits per heavy atom. The van der Waals surface area contributed by atoms with Gasteiger partial charge in [0, 0.05) is 28.8 Å². The van der Waals surface area contributed by atoms with E-state index in [1.165, 1.54) is 18.3 Å². The molecule has 0 radical (unpaired) electrons. The Labute approximate surface area is 160 Å². The molecule has 3 aromatic rings. The molecule has 0 aliphatic carbocycles. The number of thiazole rings is 1. The molecule has 0 fully saturated rings. The van der Waals surface area contributed by atoms with Gasteiger partial charge in [0.2, 0.25) is 5.91 Å². The second kappa shape index (κ2) is 7.85. The fourth-order valence-corrected chi connectivity index (χ4v) is 3.38. The Balaban J connectivity index is 1.58. The van der Waals surface area contributed by atoms with Crippen molar-refractivity contribution in [1.82, 2.24) is 4.98 Å². The van der Waals surface area contributed by atoms with E-state index in [2.05, 4.69) is 10.3 Å². The van der Waals surface area contributed by atoms with Crippen LogP contribution in [0.5, 0.6) is 0 Å². The number of Topliss-reactive ketones (excluding diaryl/α,β-unsaturated/α-hetero) is 1. The summed E-state index contributed by atoms with van der Waals surface area (Å²) in [6, 6.07) is 9.07. The number of hydrogen-bond acceptors (Lipinski definition) is 5. The Bertz CT molecular complexity index is 944. The highest BCUT2D eigenvalue weighted by Gasteiger charge is 2.13. The lowest BCUT2D eigenvalue weighted by atomic mass is 10.1. The minimum absolute atomic E-state index is 0.0422. The molecule has 1 aromatic carbocycles. The van der Waals surface area contributed by atoms with E-state index in [0.29, 0.717) is 33.7 Å². The van der Waals surface area contributed by atoms with Gasteiger partial charge in [0.1, 0.15) is 11.5 Å². The normalized spacial score (nSPS) is 10.7. The topological polar surface area (TPSA) is 72.2 Å². The summed E-state index contributed by atoms with van der Waals surface area (Å²) < 4.78 is 5.52. The van der Waals surface area contributed by atoms with E-state index in [4.69, 9.17) is 16.0 Å². The largest absolute Gasteiger partial charge is 0.466 e. The summed E-state index contributed by atoms with van der Waals surface area (Å²) >= 11 is 7.25. The quantitative estimate of drug-likeness (QED) is 0.593. The molecule has 7 heteroatoms. The maximum atomic E-state index is 12.1. The van der Waals surface area contributed by atoms with Crippen LogP contribution in [0.2, 0.25) is 5.02 Å². The number of benzene rings is 1. The number of amides is 1. The molecule has 2 aromatic heterocycles. The van der Waals surface area contributed by atoms with Crippen molar-refractivity contribution >= 4 is 39.8 Å². The van der Waals surface area contributed by atoms with Gasteiger partial charge in [-0.3, -0.25) is 9.59 Å². The van der Waals surface area contributed by atoms with E-state index in [0.717, 1.165) is 11.3 Å². The predicted molar refractivity (Wildman–Crippen MR) is 103 cm³/mol. The lowest BCUT2D eigenvalue weighted by molar-refractivity contribution is -0.116. The van der Waals surface area contributed by atoms with E-state index < -0.39 is 0 Å². The van der Waals surface area contributed by atoms with Crippen molar-refractivity contribution in [2.75, 3.05) is 5.32 Å². The van der Waals surface area contributed by atoms with Crippen molar-refractivity contribution in [3.05, 3.63) is 57.8 Å². The first-order chi connectivity index (χ1) is 12.4. The molecule has 0 bridgehead atoms. The van der Waals surface area contributed by atoms with Crippen LogP contribution in [0.3, 0.4) is 0 Å². The Morgan fingerprint density at radius 2 is 2.00 bits per heavy atom. The fraction of sp³-hybridized carbons (Fsp3) is 0.211. The van der Waals surface area contributed by atoms with E-state index in [9.17, 15) is 9.59 Å². The minimum Gasteiger partial charge on any atom is -0.466 e. The number of carbonyl (C=O) groups excluding carboxylic acids is 2. The van der Waals surface area contributed by atoms with Crippen LogP contribution in [0.1, 0.15) is 35.2 Å². The zero-order valence-corrected chi connectivity index (χ0v) is 15.9. The van der Waals surface area contributed by atoms with Gasteiger partial charge in [-0.1, -0.05) is 23.7 Å². The number of furan rings is 1. The van der Waals surface area contributed by atoms with Crippen molar-refractivity contribution in [2.45, 2.75) is 26.7 Å². The van der Waals surface area contributed by atoms with E-state index >= 15 is 0 Å². The van der Waals surface area contributed by atoms with E-state index in [1.807, 2.05) is 17.5 Å². The van der Waals surface area contributed by atoms with Crippen molar-refractivity contribution in [2.24, 2.45) is 0 Å². The fourth-order valence-electron chi connectivity index (χ4n) is 2.52. The first-order valence-electron chi connectivity index (χ1n) is 8.04. The molecule has 2 heterocycles. The second-order valence-electron chi connectivity index (χ2n) is 5.83. The van der Waals surface area contributed by atoms with Crippen LogP contribution in [0, 0.1) is 6.92 Å². The zero-order valence-electron chi connectivity index (χ0n) is 14.3. The standard InChI is InChI=1S/C19H17ClN2O3S/c1-11(23)16-9-15(25-12(16)2)7-8-18(24)22-19-21-17(10-26-19)13-3-5-14(20)6-4-13/h3-6,9-10H,7-8H2,1-2H3,(H,21,22,24). The summed E-state index contributed by atoms with van der Waals surface area (Å²) in [4.78, 5) is 28.0. The average Bonchev–Trinajstić information content (AvgIpc) is 3.20. The van der Waals surface area contributed by atoms with Gasteiger partial charge in [0.15, 0.2) is 10.9 Å². The summed E-state index contributed by atoms with van der Waals surface area (Å²) in [5.74, 6) is 1.02. The van der Waals surface area contributed by atoms with Crippen molar-refractivity contribution < 1.29 is 14.0 Å². The summed E-state index contributed by atoms with van der Waals surface area (Å²) in [5.41, 5.74) is 2.29. The van der Waals surface area contributed by atoms with Crippen LogP contribution in [0.4, 0.5) is 5.13 Å². The van der Waals surface area contributed by atoms with Gasteiger partial charge in [-0.25, -0.2) is 4.98 Å². The van der Waals surface area contributed by atoms with Crippen LogP contribution in [0.25, 0.3) is 11.3 Å². The first-order valence-corrected chi connectivity index (χ1v) is 9.29. The molecular weight excluding hydrogens is 372 g/mol. The molecule has 26 heavy (non-hydrogen) atoms. The summed E-state index contributed by atoms with van der Waals surface area (Å²) in [6.07, 6.45) is 0.676. The molecule has 3 rings (SSSR count). The number of aromatic nitrogens is 1. The van der Waals surface area contributed by atoms with Crippen LogP contribution in [-0.4, -0.2) is 16.7 Å². The summed E-state index contributed by atoms with van der Waals surface area (Å²) in [6.45, 7) is 3.24. The molecule has 0 saturated heterocycles. The molecule has 5 nitrogen and oxygen atoms in total. The van der Waals surface area contributed by atoms with Crippen LogP contribution >= 0.6 is 22.9 Å². The highest BCUT2D eigenvalue weighted by molar-refractivity contribution is 7.14. The lowest BCUT2D eigenvalue weighted by Gasteiger charge is -2.00. The first kappa shape index (κ1) is 18.4. The Morgan fingerprint density at radius 1 is 1.27 bits per heavy atom. The minimum atomic E-state index is -0.152. The highest BCUT2D eigenvalue weighted by atomic mass is 35.5. The molecular formula is C19H17ClN2O3S. The number of ketones is 1. The molecule has 0 saturated carbocycles. The third-order valence-electron chi connectivity index (χ3n) is 3.84. The molecule has 0 unspecified atom stereocenters. The number of carbonyl (C=O) groups is 2. The van der Waals surface area contributed by atoms with E-state index in [1.54, 1.807) is 25.1 Å². The Hall–Kier alpha value is -2.44. The van der Waals surface area contributed by atoms with Crippen LogP contribution in [-0.2, 0) is 11.2 Å². The zero-order chi connectivity index (χ0) is 18.7. The van der Waals surface area contributed by atoms with Crippen LogP contribution in [0.15, 0.2) is 40.1 Å². The summed E-state index contributed by atoms with van der Waals surface area (Å²) in [5, 5.41) is 5.88. The predicted octanol–water partition coefficient (Wildman–Crippen LogP) is 5.14. The van der Waals surface area contributed by atoms with Gasteiger partial charge in [-0.2, -0.15) is 0 Å². The number of hydrogen-bond donors (Lipinski definition) is 1. The van der Waals surface area contributed by atoms with Gasteiger partial charge in [0.25, 0.3) is 0 Å². The lowest BCUT2D eigenvalue weighted by Crippen LogP contribution is -2.11. The van der Waals surface area contributed by atoms with Crippen LogP contribution < -0.4 is 5.32 Å².